The van der Waals surface area contributed by atoms with E-state index >= 15 is 0 Å². The van der Waals surface area contributed by atoms with Crippen molar-refractivity contribution in [1.29, 1.82) is 0 Å². The third-order valence-corrected chi connectivity index (χ3v) is 5.53. The van der Waals surface area contributed by atoms with Gasteiger partial charge in [-0.3, -0.25) is 4.79 Å². The topological polar surface area (TPSA) is 32.3 Å². The minimum atomic E-state index is 0.148. The van der Waals surface area contributed by atoms with Crippen molar-refractivity contribution >= 4 is 11.6 Å². The molecule has 126 valence electrons. The molecule has 23 heavy (non-hydrogen) atoms. The van der Waals surface area contributed by atoms with E-state index in [2.05, 4.69) is 50.4 Å². The Morgan fingerprint density at radius 2 is 1.70 bits per heavy atom. The normalized spacial score (nSPS) is 27.0. The summed E-state index contributed by atoms with van der Waals surface area (Å²) in [7, 11) is 1.91. The van der Waals surface area contributed by atoms with E-state index in [4.69, 9.17) is 0 Å². The van der Waals surface area contributed by atoms with Gasteiger partial charge in [-0.05, 0) is 54.7 Å². The molecule has 0 aromatic heterocycles. The maximum absolute atomic E-state index is 12.6. The Balaban J connectivity index is 1.61. The lowest BCUT2D eigenvalue weighted by atomic mass is 9.87. The second kappa shape index (κ2) is 6.27. The summed E-state index contributed by atoms with van der Waals surface area (Å²) in [6.07, 6.45) is 5.60. The molecule has 2 aliphatic heterocycles. The fourth-order valence-corrected chi connectivity index (χ4v) is 4.05. The monoisotopic (exact) mass is 314 g/mol. The van der Waals surface area contributed by atoms with E-state index in [-0.39, 0.29) is 11.3 Å². The van der Waals surface area contributed by atoms with E-state index in [9.17, 15) is 4.79 Å². The summed E-state index contributed by atoms with van der Waals surface area (Å²) in [6, 6.07) is 9.74. The minimum Gasteiger partial charge on any atom is -0.315 e. The number of amides is 1. The molecule has 0 aliphatic carbocycles. The minimum absolute atomic E-state index is 0.148. The smallest absolute Gasteiger partial charge is 0.226 e. The molecule has 3 heteroatoms. The van der Waals surface area contributed by atoms with Crippen molar-refractivity contribution in [3.05, 3.63) is 29.8 Å². The molecule has 2 heterocycles. The molecule has 0 saturated carbocycles. The Labute approximate surface area is 140 Å². The van der Waals surface area contributed by atoms with Crippen LogP contribution in [0.25, 0.3) is 0 Å². The van der Waals surface area contributed by atoms with Gasteiger partial charge in [0.1, 0.15) is 0 Å². The van der Waals surface area contributed by atoms with E-state index in [1.807, 2.05) is 11.9 Å². The Bertz CT molecular complexity index is 546. The first-order valence-corrected chi connectivity index (χ1v) is 8.96. The molecule has 1 amide bonds. The van der Waals surface area contributed by atoms with E-state index in [1.165, 1.54) is 31.2 Å². The summed E-state index contributed by atoms with van der Waals surface area (Å²) in [5.74, 6) is 0.803. The maximum atomic E-state index is 12.6. The summed E-state index contributed by atoms with van der Waals surface area (Å²) >= 11 is 0. The van der Waals surface area contributed by atoms with Crippen molar-refractivity contribution in [2.24, 2.45) is 5.92 Å². The summed E-state index contributed by atoms with van der Waals surface area (Å²) in [5.41, 5.74) is 2.45. The standard InChI is InChI=1S/C20H30N2O/c1-20(2,3)15-5-9-18(10-6-15)22(4)19(23)13-14-11-16-7-8-17(12-14)21-16/h5-6,9-10,14,16-17,21H,7-8,11-13H2,1-4H3. The summed E-state index contributed by atoms with van der Waals surface area (Å²) < 4.78 is 0. The number of rotatable bonds is 3. The van der Waals surface area contributed by atoms with Crippen molar-refractivity contribution in [2.75, 3.05) is 11.9 Å². The number of nitrogens with zero attached hydrogens (tertiary/aromatic N) is 1. The van der Waals surface area contributed by atoms with Gasteiger partial charge in [-0.2, -0.15) is 0 Å². The van der Waals surface area contributed by atoms with Crippen molar-refractivity contribution in [1.82, 2.24) is 5.32 Å². The maximum Gasteiger partial charge on any atom is 0.226 e. The van der Waals surface area contributed by atoms with Crippen LogP contribution in [0.2, 0.25) is 0 Å². The van der Waals surface area contributed by atoms with Gasteiger partial charge in [0, 0.05) is 31.2 Å². The molecule has 1 N–H and O–H groups in total. The van der Waals surface area contributed by atoms with Gasteiger partial charge in [0.15, 0.2) is 0 Å². The molecule has 0 radical (unpaired) electrons. The van der Waals surface area contributed by atoms with Crippen molar-refractivity contribution in [2.45, 2.75) is 70.4 Å². The Hall–Kier alpha value is -1.35. The highest BCUT2D eigenvalue weighted by Crippen LogP contribution is 2.33. The highest BCUT2D eigenvalue weighted by molar-refractivity contribution is 5.92. The molecule has 2 atom stereocenters. The fourth-order valence-electron chi connectivity index (χ4n) is 4.05. The van der Waals surface area contributed by atoms with Crippen LogP contribution in [0, 0.1) is 5.92 Å². The molecule has 2 unspecified atom stereocenters. The first-order valence-electron chi connectivity index (χ1n) is 8.96. The number of benzene rings is 1. The van der Waals surface area contributed by atoms with Gasteiger partial charge in [0.05, 0.1) is 0 Å². The SMILES string of the molecule is CN(C(=O)CC1CC2CCC(C1)N2)c1ccc(C(C)(C)C)cc1. The van der Waals surface area contributed by atoms with E-state index < -0.39 is 0 Å². The number of nitrogens with one attached hydrogen (secondary N) is 1. The van der Waals surface area contributed by atoms with Gasteiger partial charge < -0.3 is 10.2 Å². The van der Waals surface area contributed by atoms with Gasteiger partial charge in [-0.1, -0.05) is 32.9 Å². The number of fused-ring (bicyclic) bond motifs is 2. The van der Waals surface area contributed by atoms with Gasteiger partial charge in [-0.15, -0.1) is 0 Å². The number of piperidine rings is 1. The molecule has 3 nitrogen and oxygen atoms in total. The Kier molecular flexibility index (Phi) is 4.50. The van der Waals surface area contributed by atoms with Crippen LogP contribution in [-0.4, -0.2) is 25.0 Å². The van der Waals surface area contributed by atoms with E-state index in [0.29, 0.717) is 24.4 Å². The summed E-state index contributed by atoms with van der Waals surface area (Å²) in [5, 5.41) is 3.65. The summed E-state index contributed by atoms with van der Waals surface area (Å²) in [4.78, 5) is 14.5. The molecule has 2 bridgehead atoms. The molecular formula is C20H30N2O. The number of carbonyl (C=O) groups excluding carboxylic acids is 1. The Morgan fingerprint density at radius 3 is 2.22 bits per heavy atom. The van der Waals surface area contributed by atoms with Crippen LogP contribution < -0.4 is 10.2 Å². The molecule has 1 aromatic carbocycles. The van der Waals surface area contributed by atoms with Crippen LogP contribution >= 0.6 is 0 Å². The lowest BCUT2D eigenvalue weighted by molar-refractivity contribution is -0.119. The first kappa shape index (κ1) is 16.5. The zero-order valence-corrected chi connectivity index (χ0v) is 14.9. The quantitative estimate of drug-likeness (QED) is 0.918. The third kappa shape index (κ3) is 3.77. The average Bonchev–Trinajstić information content (AvgIpc) is 2.84. The Morgan fingerprint density at radius 1 is 1.13 bits per heavy atom. The molecule has 1 aromatic rings. The van der Waals surface area contributed by atoms with Crippen LogP contribution in [0.5, 0.6) is 0 Å². The van der Waals surface area contributed by atoms with E-state index in [0.717, 1.165) is 5.69 Å². The number of anilines is 1. The van der Waals surface area contributed by atoms with Gasteiger partial charge >= 0.3 is 0 Å². The number of carbonyl (C=O) groups is 1. The van der Waals surface area contributed by atoms with Gasteiger partial charge in [-0.25, -0.2) is 0 Å². The van der Waals surface area contributed by atoms with Crippen molar-refractivity contribution in [3.8, 4) is 0 Å². The van der Waals surface area contributed by atoms with Crippen LogP contribution in [0.1, 0.15) is 58.4 Å². The van der Waals surface area contributed by atoms with Crippen molar-refractivity contribution in [3.63, 3.8) is 0 Å². The van der Waals surface area contributed by atoms with Crippen LogP contribution in [0.4, 0.5) is 5.69 Å². The molecule has 3 rings (SSSR count). The first-order chi connectivity index (χ1) is 10.8. The molecular weight excluding hydrogens is 284 g/mol. The zero-order chi connectivity index (χ0) is 16.6. The molecule has 2 saturated heterocycles. The fraction of sp³-hybridized carbons (Fsp3) is 0.650. The molecule has 2 fully saturated rings. The van der Waals surface area contributed by atoms with Crippen molar-refractivity contribution < 1.29 is 4.79 Å². The molecule has 0 spiro atoms. The second-order valence-corrected chi connectivity index (χ2v) is 8.43. The van der Waals surface area contributed by atoms with Crippen LogP contribution in [-0.2, 0) is 10.2 Å². The number of hydrogen-bond donors (Lipinski definition) is 1. The van der Waals surface area contributed by atoms with Crippen LogP contribution in [0.3, 0.4) is 0 Å². The largest absolute Gasteiger partial charge is 0.315 e. The predicted molar refractivity (Wildman–Crippen MR) is 95.8 cm³/mol. The second-order valence-electron chi connectivity index (χ2n) is 8.43. The average molecular weight is 314 g/mol. The van der Waals surface area contributed by atoms with Crippen LogP contribution in [0.15, 0.2) is 24.3 Å². The number of hydrogen-bond acceptors (Lipinski definition) is 2. The predicted octanol–water partition coefficient (Wildman–Crippen LogP) is 3.87. The lowest BCUT2D eigenvalue weighted by Gasteiger charge is -2.30. The highest BCUT2D eigenvalue weighted by Gasteiger charge is 2.34. The van der Waals surface area contributed by atoms with Gasteiger partial charge in [0.2, 0.25) is 5.91 Å². The third-order valence-electron chi connectivity index (χ3n) is 5.53. The van der Waals surface area contributed by atoms with Gasteiger partial charge in [0.25, 0.3) is 0 Å². The zero-order valence-electron chi connectivity index (χ0n) is 14.9. The highest BCUT2D eigenvalue weighted by atomic mass is 16.2. The molecule has 2 aliphatic rings. The van der Waals surface area contributed by atoms with E-state index in [1.54, 1.807) is 0 Å². The summed E-state index contributed by atoms with van der Waals surface area (Å²) in [6.45, 7) is 6.63. The lowest BCUT2D eigenvalue weighted by Crippen LogP contribution is -2.40.